The molecule has 0 saturated heterocycles. The molecule has 1 rings (SSSR count). The summed E-state index contributed by atoms with van der Waals surface area (Å²) in [5.41, 5.74) is 1.02. The van der Waals surface area contributed by atoms with E-state index < -0.39 is 7.82 Å². The van der Waals surface area contributed by atoms with E-state index >= 15 is 0 Å². The highest BCUT2D eigenvalue weighted by Gasteiger charge is 2.23. The van der Waals surface area contributed by atoms with Gasteiger partial charge in [-0.05, 0) is 12.0 Å². The molecular weight excluding hydrogens is 411 g/mol. The van der Waals surface area contributed by atoms with E-state index in [1.807, 2.05) is 30.3 Å². The molecule has 0 aliphatic rings. The van der Waals surface area contributed by atoms with Crippen LogP contribution < -0.4 is 0 Å². The van der Waals surface area contributed by atoms with Gasteiger partial charge in [0.2, 0.25) is 0 Å². The lowest BCUT2D eigenvalue weighted by Crippen LogP contribution is -2.20. The van der Waals surface area contributed by atoms with Gasteiger partial charge in [0, 0.05) is 13.5 Å². The van der Waals surface area contributed by atoms with Gasteiger partial charge in [-0.2, -0.15) is 0 Å². The van der Waals surface area contributed by atoms with E-state index in [2.05, 4.69) is 11.4 Å². The fourth-order valence-electron chi connectivity index (χ4n) is 2.70. The molecule has 0 spiro atoms. The Kier molecular flexibility index (Phi) is 14.6. The lowest BCUT2D eigenvalue weighted by molar-refractivity contribution is -0.111. The van der Waals surface area contributed by atoms with Gasteiger partial charge in [-0.3, -0.25) is 13.8 Å². The molecule has 6 nitrogen and oxygen atoms in total. The first-order chi connectivity index (χ1) is 14.0. The number of hydrogen-bond acceptors (Lipinski definition) is 6. The summed E-state index contributed by atoms with van der Waals surface area (Å²) in [6.45, 7) is 2.75. The number of thioether (sulfide) groups is 1. The number of rotatable bonds is 17. The van der Waals surface area contributed by atoms with Crippen LogP contribution in [0.4, 0.5) is 0 Å². The van der Waals surface area contributed by atoms with Crippen LogP contribution >= 0.6 is 19.6 Å². The van der Waals surface area contributed by atoms with Crippen LogP contribution in [0, 0.1) is 0 Å². The molecule has 29 heavy (non-hydrogen) atoms. The quantitative estimate of drug-likeness (QED) is 0.241. The van der Waals surface area contributed by atoms with Gasteiger partial charge in [0.25, 0.3) is 0 Å². The zero-order chi connectivity index (χ0) is 21.4. The summed E-state index contributed by atoms with van der Waals surface area (Å²) in [4.78, 5) is 21.8. The third kappa shape index (κ3) is 14.0. The molecule has 0 bridgehead atoms. The Morgan fingerprint density at radius 3 is 2.38 bits per heavy atom. The van der Waals surface area contributed by atoms with Crippen molar-refractivity contribution in [2.75, 3.05) is 20.3 Å². The molecule has 1 unspecified atom stereocenters. The highest BCUT2D eigenvalue weighted by molar-refractivity contribution is 8.14. The number of benzene rings is 1. The second-order valence-electron chi connectivity index (χ2n) is 6.93. The van der Waals surface area contributed by atoms with E-state index in [9.17, 15) is 14.3 Å². The third-order valence-electron chi connectivity index (χ3n) is 4.35. The Balaban J connectivity index is 2.37. The highest BCUT2D eigenvalue weighted by atomic mass is 32.2. The fourth-order valence-corrected chi connectivity index (χ4v) is 4.21. The van der Waals surface area contributed by atoms with E-state index in [4.69, 9.17) is 9.26 Å². The first kappa shape index (κ1) is 26.3. The van der Waals surface area contributed by atoms with Gasteiger partial charge >= 0.3 is 7.82 Å². The third-order valence-corrected chi connectivity index (χ3v) is 6.36. The average molecular weight is 447 g/mol. The van der Waals surface area contributed by atoms with Crippen molar-refractivity contribution in [2.24, 2.45) is 0 Å². The van der Waals surface area contributed by atoms with Gasteiger partial charge in [0.15, 0.2) is 5.12 Å². The molecular formula is C21H35O6PS. The highest BCUT2D eigenvalue weighted by Crippen LogP contribution is 2.42. The second kappa shape index (κ2) is 16.1. The van der Waals surface area contributed by atoms with Crippen molar-refractivity contribution in [3.8, 4) is 0 Å². The maximum Gasteiger partial charge on any atom is 0.471 e. The fraction of sp³-hybridized carbons (Fsp3) is 0.667. The predicted molar refractivity (Wildman–Crippen MR) is 118 cm³/mol. The number of unbranched alkanes of at least 4 members (excludes halogenated alkanes) is 6. The van der Waals surface area contributed by atoms with Crippen molar-refractivity contribution in [1.29, 1.82) is 0 Å². The van der Waals surface area contributed by atoms with Crippen LogP contribution in [0.25, 0.3) is 0 Å². The number of phosphoric ester groups is 1. The standard InChI is InChI=1S/C21H35O6PS/c1-3-4-5-6-7-8-12-15-21(22)29-20(18-27-28(23,24)25-2)17-26-16-19-13-10-9-11-14-19/h9-11,13-14,20H,3-8,12,15-18H2,1-2H3,(H,23,24)/t20-/m0/s1. The van der Waals surface area contributed by atoms with Crippen LogP contribution in [0.5, 0.6) is 0 Å². The first-order valence-corrected chi connectivity index (χ1v) is 12.7. The van der Waals surface area contributed by atoms with Gasteiger partial charge < -0.3 is 9.63 Å². The van der Waals surface area contributed by atoms with Crippen LogP contribution in [0.1, 0.15) is 63.9 Å². The molecule has 8 heteroatoms. The predicted octanol–water partition coefficient (Wildman–Crippen LogP) is 5.74. The molecule has 0 heterocycles. The summed E-state index contributed by atoms with van der Waals surface area (Å²) in [5.74, 6) is 0. The van der Waals surface area contributed by atoms with Gasteiger partial charge in [0.05, 0.1) is 25.1 Å². The van der Waals surface area contributed by atoms with Crippen molar-refractivity contribution >= 4 is 24.7 Å². The summed E-state index contributed by atoms with van der Waals surface area (Å²) < 4.78 is 26.7. The zero-order valence-electron chi connectivity index (χ0n) is 17.6. The average Bonchev–Trinajstić information content (AvgIpc) is 2.72. The Bertz CT molecular complexity index is 598. The van der Waals surface area contributed by atoms with E-state index in [-0.39, 0.29) is 23.6 Å². The van der Waals surface area contributed by atoms with Gasteiger partial charge in [-0.15, -0.1) is 0 Å². The van der Waals surface area contributed by atoms with Crippen molar-refractivity contribution in [3.05, 3.63) is 35.9 Å². The lowest BCUT2D eigenvalue weighted by atomic mass is 10.1. The molecule has 166 valence electrons. The van der Waals surface area contributed by atoms with Crippen molar-refractivity contribution < 1.29 is 28.0 Å². The van der Waals surface area contributed by atoms with Crippen molar-refractivity contribution in [2.45, 2.75) is 70.1 Å². The van der Waals surface area contributed by atoms with E-state index in [0.717, 1.165) is 43.7 Å². The normalized spacial score (nSPS) is 14.4. The van der Waals surface area contributed by atoms with Crippen LogP contribution in [-0.4, -0.2) is 35.6 Å². The lowest BCUT2D eigenvalue weighted by Gasteiger charge is -2.17. The zero-order valence-corrected chi connectivity index (χ0v) is 19.3. The molecule has 1 N–H and O–H groups in total. The monoisotopic (exact) mass is 446 g/mol. The first-order valence-electron chi connectivity index (χ1n) is 10.3. The van der Waals surface area contributed by atoms with Crippen LogP contribution in [-0.2, 0) is 29.8 Å². The smallest absolute Gasteiger partial charge is 0.376 e. The molecule has 0 radical (unpaired) electrons. The summed E-state index contributed by atoms with van der Waals surface area (Å²) in [5, 5.41) is -0.313. The van der Waals surface area contributed by atoms with Gasteiger partial charge in [-0.25, -0.2) is 4.57 Å². The number of carbonyl (C=O) groups is 1. The van der Waals surface area contributed by atoms with Crippen molar-refractivity contribution in [3.63, 3.8) is 0 Å². The molecule has 0 aliphatic carbocycles. The molecule has 0 aliphatic heterocycles. The van der Waals surface area contributed by atoms with Crippen LogP contribution in [0.2, 0.25) is 0 Å². The van der Waals surface area contributed by atoms with E-state index in [0.29, 0.717) is 13.0 Å². The Labute approximate surface area is 179 Å². The number of phosphoric acid groups is 1. The summed E-state index contributed by atoms with van der Waals surface area (Å²) in [7, 11) is -2.97. The molecule has 0 fully saturated rings. The minimum absolute atomic E-state index is 0.0562. The van der Waals surface area contributed by atoms with Gasteiger partial charge in [-0.1, -0.05) is 87.5 Å². The summed E-state index contributed by atoms with van der Waals surface area (Å²) in [6.07, 6.45) is 8.56. The molecule has 0 saturated carbocycles. The number of ether oxygens (including phenoxy) is 1. The van der Waals surface area contributed by atoms with Gasteiger partial charge in [0.1, 0.15) is 0 Å². The van der Waals surface area contributed by atoms with E-state index in [1.54, 1.807) is 0 Å². The number of carbonyl (C=O) groups excluding carboxylic acids is 1. The van der Waals surface area contributed by atoms with Crippen LogP contribution in [0.3, 0.4) is 0 Å². The molecule has 1 aromatic rings. The minimum atomic E-state index is -4.08. The largest absolute Gasteiger partial charge is 0.471 e. The molecule has 2 atom stereocenters. The van der Waals surface area contributed by atoms with E-state index in [1.165, 1.54) is 25.7 Å². The Morgan fingerprint density at radius 2 is 1.72 bits per heavy atom. The van der Waals surface area contributed by atoms with Crippen LogP contribution in [0.15, 0.2) is 30.3 Å². The summed E-state index contributed by atoms with van der Waals surface area (Å²) >= 11 is 1.13. The maximum atomic E-state index is 12.3. The number of hydrogen-bond donors (Lipinski definition) is 1. The van der Waals surface area contributed by atoms with Crippen molar-refractivity contribution in [1.82, 2.24) is 0 Å². The Morgan fingerprint density at radius 1 is 1.07 bits per heavy atom. The Hall–Kier alpha value is -0.690. The minimum Gasteiger partial charge on any atom is -0.376 e. The topological polar surface area (TPSA) is 82.1 Å². The second-order valence-corrected chi connectivity index (χ2v) is 9.85. The SMILES string of the molecule is CCCCCCCCCC(=O)S[C@@H](COCc1ccccc1)COP(=O)(O)OC. The molecule has 0 amide bonds. The summed E-state index contributed by atoms with van der Waals surface area (Å²) in [6, 6.07) is 9.71. The molecule has 0 aromatic heterocycles. The molecule has 1 aromatic carbocycles. The maximum absolute atomic E-state index is 12.3.